The van der Waals surface area contributed by atoms with Gasteiger partial charge in [0, 0.05) is 11.3 Å². The predicted molar refractivity (Wildman–Crippen MR) is 96.5 cm³/mol. The van der Waals surface area contributed by atoms with Crippen LogP contribution in [0.15, 0.2) is 47.6 Å². The van der Waals surface area contributed by atoms with Crippen LogP contribution in [0.3, 0.4) is 0 Å². The zero-order valence-electron chi connectivity index (χ0n) is 14.3. The van der Waals surface area contributed by atoms with E-state index in [9.17, 15) is 9.90 Å². The van der Waals surface area contributed by atoms with Crippen molar-refractivity contribution in [3.05, 3.63) is 48.0 Å². The number of amides is 1. The number of aromatic hydroxyl groups is 1. The van der Waals surface area contributed by atoms with Crippen molar-refractivity contribution < 1.29 is 19.4 Å². The van der Waals surface area contributed by atoms with Gasteiger partial charge in [-0.1, -0.05) is 6.07 Å². The zero-order chi connectivity index (χ0) is 18.2. The summed E-state index contributed by atoms with van der Waals surface area (Å²) < 4.78 is 10.1. The number of nitrogens with zero attached hydrogens (tertiary/aromatic N) is 1. The SMILES string of the molecule is COc1ccc(NC(C)C(=O)N/N=C/c2cccc(OC)c2O)cc1. The minimum Gasteiger partial charge on any atom is -0.504 e. The number of phenols is 1. The number of hydrogen-bond donors (Lipinski definition) is 3. The first-order valence-corrected chi connectivity index (χ1v) is 7.64. The second-order valence-corrected chi connectivity index (χ2v) is 5.23. The van der Waals surface area contributed by atoms with Crippen molar-refractivity contribution in [1.82, 2.24) is 5.43 Å². The summed E-state index contributed by atoms with van der Waals surface area (Å²) in [4.78, 5) is 12.1. The molecule has 1 unspecified atom stereocenters. The van der Waals surface area contributed by atoms with Gasteiger partial charge in [-0.05, 0) is 43.3 Å². The van der Waals surface area contributed by atoms with E-state index in [1.807, 2.05) is 12.1 Å². The number of hydrogen-bond acceptors (Lipinski definition) is 6. The van der Waals surface area contributed by atoms with Crippen LogP contribution in [0.1, 0.15) is 12.5 Å². The lowest BCUT2D eigenvalue weighted by Crippen LogP contribution is -2.34. The molecule has 0 fully saturated rings. The van der Waals surface area contributed by atoms with Crippen molar-refractivity contribution in [1.29, 1.82) is 0 Å². The van der Waals surface area contributed by atoms with Gasteiger partial charge < -0.3 is 19.9 Å². The van der Waals surface area contributed by atoms with Gasteiger partial charge in [0.15, 0.2) is 11.5 Å². The van der Waals surface area contributed by atoms with Gasteiger partial charge in [-0.2, -0.15) is 5.10 Å². The first-order valence-electron chi connectivity index (χ1n) is 7.64. The normalized spacial score (nSPS) is 11.8. The van der Waals surface area contributed by atoms with Crippen LogP contribution in [-0.4, -0.2) is 37.5 Å². The minimum absolute atomic E-state index is 0.0348. The molecule has 7 heteroatoms. The van der Waals surface area contributed by atoms with Crippen LogP contribution in [0.2, 0.25) is 0 Å². The summed E-state index contributed by atoms with van der Waals surface area (Å²) in [5, 5.41) is 16.9. The smallest absolute Gasteiger partial charge is 0.262 e. The third-order valence-corrected chi connectivity index (χ3v) is 3.49. The van der Waals surface area contributed by atoms with Gasteiger partial charge in [0.25, 0.3) is 5.91 Å². The van der Waals surface area contributed by atoms with Crippen LogP contribution < -0.4 is 20.2 Å². The van der Waals surface area contributed by atoms with Gasteiger partial charge in [0.2, 0.25) is 0 Å². The summed E-state index contributed by atoms with van der Waals surface area (Å²) in [7, 11) is 3.06. The Labute approximate surface area is 146 Å². The second kappa shape index (κ2) is 8.58. The number of benzene rings is 2. The Kier molecular flexibility index (Phi) is 6.22. The number of hydrazone groups is 1. The largest absolute Gasteiger partial charge is 0.504 e. The van der Waals surface area contributed by atoms with Crippen LogP contribution >= 0.6 is 0 Å². The Hall–Kier alpha value is -3.22. The van der Waals surface area contributed by atoms with E-state index in [0.717, 1.165) is 11.4 Å². The highest BCUT2D eigenvalue weighted by Gasteiger charge is 2.12. The molecule has 7 nitrogen and oxygen atoms in total. The van der Waals surface area contributed by atoms with Gasteiger partial charge in [-0.25, -0.2) is 5.43 Å². The fourth-order valence-electron chi connectivity index (χ4n) is 2.07. The topological polar surface area (TPSA) is 92.2 Å². The van der Waals surface area contributed by atoms with Crippen LogP contribution in [0.5, 0.6) is 17.2 Å². The van der Waals surface area contributed by atoms with Gasteiger partial charge >= 0.3 is 0 Å². The van der Waals surface area contributed by atoms with Crippen molar-refractivity contribution in [2.45, 2.75) is 13.0 Å². The highest BCUT2D eigenvalue weighted by atomic mass is 16.5. The molecular weight excluding hydrogens is 322 g/mol. The number of methoxy groups -OCH3 is 2. The molecule has 0 aliphatic rings. The van der Waals surface area contributed by atoms with E-state index >= 15 is 0 Å². The minimum atomic E-state index is -0.496. The molecule has 0 spiro atoms. The summed E-state index contributed by atoms with van der Waals surface area (Å²) in [6.45, 7) is 1.72. The molecule has 1 amide bonds. The average Bonchev–Trinajstić information content (AvgIpc) is 2.63. The average molecular weight is 343 g/mol. The highest BCUT2D eigenvalue weighted by molar-refractivity contribution is 5.88. The van der Waals surface area contributed by atoms with Gasteiger partial charge in [0.05, 0.1) is 20.4 Å². The predicted octanol–water partition coefficient (Wildman–Crippen LogP) is 2.36. The van der Waals surface area contributed by atoms with Gasteiger partial charge in [-0.15, -0.1) is 0 Å². The molecule has 132 valence electrons. The van der Waals surface area contributed by atoms with E-state index in [1.54, 1.807) is 44.4 Å². The standard InChI is InChI=1S/C18H21N3O4/c1-12(20-14-7-9-15(24-2)10-8-14)18(23)21-19-11-13-5-4-6-16(25-3)17(13)22/h4-12,20,22H,1-3H3,(H,21,23)/b19-11+. The van der Waals surface area contributed by atoms with Gasteiger partial charge in [-0.3, -0.25) is 4.79 Å². The Balaban J connectivity index is 1.92. The van der Waals surface area contributed by atoms with Crippen molar-refractivity contribution in [3.63, 3.8) is 0 Å². The molecule has 3 N–H and O–H groups in total. The first-order chi connectivity index (χ1) is 12.0. The maximum Gasteiger partial charge on any atom is 0.262 e. The number of para-hydroxylation sites is 1. The molecule has 2 aromatic carbocycles. The number of carbonyl (C=O) groups excluding carboxylic acids is 1. The van der Waals surface area contributed by atoms with E-state index < -0.39 is 6.04 Å². The first kappa shape index (κ1) is 18.1. The molecule has 0 aliphatic heterocycles. The van der Waals surface area contributed by atoms with Crippen molar-refractivity contribution >= 4 is 17.8 Å². The Morgan fingerprint density at radius 3 is 2.52 bits per heavy atom. The summed E-state index contributed by atoms with van der Waals surface area (Å²) in [5.74, 6) is 0.733. The molecule has 2 rings (SSSR count). The quantitative estimate of drug-likeness (QED) is 0.530. The molecule has 0 radical (unpaired) electrons. The number of rotatable bonds is 7. The molecule has 0 aliphatic carbocycles. The monoisotopic (exact) mass is 343 g/mol. The van der Waals surface area contributed by atoms with Crippen molar-refractivity contribution in [3.8, 4) is 17.2 Å². The maximum absolute atomic E-state index is 12.1. The fourth-order valence-corrected chi connectivity index (χ4v) is 2.07. The van der Waals surface area contributed by atoms with Crippen LogP contribution in [0, 0.1) is 0 Å². The third-order valence-electron chi connectivity index (χ3n) is 3.49. The highest BCUT2D eigenvalue weighted by Crippen LogP contribution is 2.27. The zero-order valence-corrected chi connectivity index (χ0v) is 14.3. The molecule has 0 bridgehead atoms. The number of carbonyl (C=O) groups is 1. The van der Waals surface area contributed by atoms with E-state index in [1.165, 1.54) is 13.3 Å². The third kappa shape index (κ3) is 4.87. The molecule has 1 atom stereocenters. The maximum atomic E-state index is 12.1. The molecule has 0 heterocycles. The summed E-state index contributed by atoms with van der Waals surface area (Å²) in [6, 6.07) is 11.8. The van der Waals surface area contributed by atoms with E-state index in [4.69, 9.17) is 9.47 Å². The summed E-state index contributed by atoms with van der Waals surface area (Å²) in [6.07, 6.45) is 1.36. The molecule has 0 saturated heterocycles. The van der Waals surface area contributed by atoms with E-state index in [0.29, 0.717) is 11.3 Å². The second-order valence-electron chi connectivity index (χ2n) is 5.23. The Bertz CT molecular complexity index is 744. The molecule has 0 saturated carbocycles. The van der Waals surface area contributed by atoms with Crippen molar-refractivity contribution in [2.75, 3.05) is 19.5 Å². The number of phenolic OH excluding ortho intramolecular Hbond substituents is 1. The molecule has 25 heavy (non-hydrogen) atoms. The Morgan fingerprint density at radius 1 is 1.16 bits per heavy atom. The molecule has 0 aromatic heterocycles. The number of nitrogens with one attached hydrogen (secondary N) is 2. The number of anilines is 1. The Morgan fingerprint density at radius 2 is 1.88 bits per heavy atom. The fraction of sp³-hybridized carbons (Fsp3) is 0.222. The lowest BCUT2D eigenvalue weighted by molar-refractivity contribution is -0.121. The molecular formula is C18H21N3O4. The van der Waals surface area contributed by atoms with Gasteiger partial charge in [0.1, 0.15) is 11.8 Å². The summed E-state index contributed by atoms with van der Waals surface area (Å²) >= 11 is 0. The van der Waals surface area contributed by atoms with Crippen LogP contribution in [0.25, 0.3) is 0 Å². The van der Waals surface area contributed by atoms with Crippen LogP contribution in [-0.2, 0) is 4.79 Å². The lowest BCUT2D eigenvalue weighted by Gasteiger charge is -2.13. The lowest BCUT2D eigenvalue weighted by atomic mass is 10.2. The number of ether oxygens (including phenoxy) is 2. The van der Waals surface area contributed by atoms with E-state index in [-0.39, 0.29) is 11.7 Å². The van der Waals surface area contributed by atoms with E-state index in [2.05, 4.69) is 15.8 Å². The van der Waals surface area contributed by atoms with Crippen LogP contribution in [0.4, 0.5) is 5.69 Å². The van der Waals surface area contributed by atoms with Crippen molar-refractivity contribution in [2.24, 2.45) is 5.10 Å². The summed E-state index contributed by atoms with van der Waals surface area (Å²) in [5.41, 5.74) is 3.66. The molecule has 2 aromatic rings.